The van der Waals surface area contributed by atoms with E-state index in [0.29, 0.717) is 15.7 Å². The lowest BCUT2D eigenvalue weighted by atomic mass is 10.3. The van der Waals surface area contributed by atoms with Crippen LogP contribution in [0.3, 0.4) is 0 Å². The molecular formula is C10H12Cl2N2O2. The molecule has 0 aliphatic rings. The molecule has 4 nitrogen and oxygen atoms in total. The van der Waals surface area contributed by atoms with E-state index in [1.165, 1.54) is 7.11 Å². The molecule has 0 aliphatic carbocycles. The fourth-order valence-electron chi connectivity index (χ4n) is 1.13. The first-order valence-electron chi connectivity index (χ1n) is 4.58. The van der Waals surface area contributed by atoms with Crippen molar-refractivity contribution >= 4 is 34.8 Å². The summed E-state index contributed by atoms with van der Waals surface area (Å²) in [6, 6.07) is 4.96. The van der Waals surface area contributed by atoms with Crippen LogP contribution in [0.15, 0.2) is 18.2 Å². The molecule has 1 unspecified atom stereocenters. The molecule has 0 heterocycles. The van der Waals surface area contributed by atoms with Crippen molar-refractivity contribution in [2.75, 3.05) is 19.0 Å². The van der Waals surface area contributed by atoms with Crippen LogP contribution < -0.4 is 11.1 Å². The molecule has 0 aromatic heterocycles. The van der Waals surface area contributed by atoms with Gasteiger partial charge in [-0.3, -0.25) is 4.79 Å². The molecule has 0 saturated carbocycles. The molecule has 0 bridgehead atoms. The Labute approximate surface area is 104 Å². The van der Waals surface area contributed by atoms with Gasteiger partial charge < -0.3 is 15.8 Å². The highest BCUT2D eigenvalue weighted by molar-refractivity contribution is 6.39. The summed E-state index contributed by atoms with van der Waals surface area (Å²) in [6.07, 6.45) is -0.715. The number of carbonyl (C=O) groups is 1. The van der Waals surface area contributed by atoms with Crippen LogP contribution in [-0.4, -0.2) is 25.7 Å². The monoisotopic (exact) mass is 262 g/mol. The number of hydrogen-bond donors (Lipinski definition) is 2. The first-order valence-corrected chi connectivity index (χ1v) is 5.33. The molecule has 1 rings (SSSR count). The van der Waals surface area contributed by atoms with E-state index in [1.54, 1.807) is 18.2 Å². The van der Waals surface area contributed by atoms with Gasteiger partial charge in [0.15, 0.2) is 0 Å². The maximum absolute atomic E-state index is 11.6. The van der Waals surface area contributed by atoms with E-state index in [4.69, 9.17) is 33.7 Å². The molecule has 0 aliphatic heterocycles. The lowest BCUT2D eigenvalue weighted by molar-refractivity contribution is -0.125. The third-order valence-electron chi connectivity index (χ3n) is 2.00. The van der Waals surface area contributed by atoms with Crippen molar-refractivity contribution in [3.63, 3.8) is 0 Å². The van der Waals surface area contributed by atoms with Crippen molar-refractivity contribution in [1.82, 2.24) is 0 Å². The number of amides is 1. The van der Waals surface area contributed by atoms with E-state index >= 15 is 0 Å². The summed E-state index contributed by atoms with van der Waals surface area (Å²) in [7, 11) is 1.41. The van der Waals surface area contributed by atoms with E-state index in [2.05, 4.69) is 5.32 Å². The summed E-state index contributed by atoms with van der Waals surface area (Å²) < 4.78 is 4.89. The van der Waals surface area contributed by atoms with Crippen LogP contribution in [0.5, 0.6) is 0 Å². The largest absolute Gasteiger partial charge is 0.370 e. The molecular weight excluding hydrogens is 251 g/mol. The quantitative estimate of drug-likeness (QED) is 0.872. The average Bonchev–Trinajstić information content (AvgIpc) is 2.25. The topological polar surface area (TPSA) is 64.3 Å². The Bertz CT molecular complexity index is 361. The van der Waals surface area contributed by atoms with Gasteiger partial charge in [0.1, 0.15) is 6.10 Å². The first-order chi connectivity index (χ1) is 7.60. The van der Waals surface area contributed by atoms with E-state index in [-0.39, 0.29) is 12.5 Å². The van der Waals surface area contributed by atoms with Crippen molar-refractivity contribution in [3.8, 4) is 0 Å². The third kappa shape index (κ3) is 3.09. The Kier molecular flexibility index (Phi) is 5.02. The van der Waals surface area contributed by atoms with E-state index in [1.807, 2.05) is 0 Å². The molecule has 0 spiro atoms. The molecule has 0 radical (unpaired) electrons. The van der Waals surface area contributed by atoms with Crippen molar-refractivity contribution in [2.45, 2.75) is 6.10 Å². The summed E-state index contributed by atoms with van der Waals surface area (Å²) in [4.78, 5) is 11.6. The summed E-state index contributed by atoms with van der Waals surface area (Å²) in [6.45, 7) is 0.0877. The SMILES string of the molecule is COC(CN)C(=O)Nc1c(Cl)cccc1Cl. The zero-order valence-electron chi connectivity index (χ0n) is 8.67. The van der Waals surface area contributed by atoms with Crippen molar-refractivity contribution < 1.29 is 9.53 Å². The van der Waals surface area contributed by atoms with E-state index in [9.17, 15) is 4.79 Å². The van der Waals surface area contributed by atoms with Crippen LogP contribution in [0, 0.1) is 0 Å². The Balaban J connectivity index is 2.84. The molecule has 88 valence electrons. The summed E-state index contributed by atoms with van der Waals surface area (Å²) in [5.41, 5.74) is 5.73. The van der Waals surface area contributed by atoms with Gasteiger partial charge in [-0.15, -0.1) is 0 Å². The molecule has 1 aromatic rings. The van der Waals surface area contributed by atoms with Crippen LogP contribution in [-0.2, 0) is 9.53 Å². The van der Waals surface area contributed by atoms with Crippen molar-refractivity contribution in [1.29, 1.82) is 0 Å². The van der Waals surface area contributed by atoms with Crippen LogP contribution >= 0.6 is 23.2 Å². The lowest BCUT2D eigenvalue weighted by Gasteiger charge is -2.14. The number of ether oxygens (including phenoxy) is 1. The lowest BCUT2D eigenvalue weighted by Crippen LogP contribution is -2.36. The van der Waals surface area contributed by atoms with Crippen LogP contribution in [0.1, 0.15) is 0 Å². The Morgan fingerprint density at radius 2 is 2.06 bits per heavy atom. The fraction of sp³-hybridized carbons (Fsp3) is 0.300. The van der Waals surface area contributed by atoms with Gasteiger partial charge in [0, 0.05) is 13.7 Å². The number of methoxy groups -OCH3 is 1. The number of anilines is 1. The maximum atomic E-state index is 11.6. The summed E-state index contributed by atoms with van der Waals surface area (Å²) in [5.74, 6) is -0.375. The van der Waals surface area contributed by atoms with Crippen LogP contribution in [0.2, 0.25) is 10.0 Å². The smallest absolute Gasteiger partial charge is 0.254 e. The second-order valence-electron chi connectivity index (χ2n) is 3.05. The number of rotatable bonds is 4. The molecule has 1 amide bonds. The van der Waals surface area contributed by atoms with Crippen LogP contribution in [0.4, 0.5) is 5.69 Å². The van der Waals surface area contributed by atoms with Crippen LogP contribution in [0.25, 0.3) is 0 Å². The molecule has 0 fully saturated rings. The van der Waals surface area contributed by atoms with Gasteiger partial charge in [-0.25, -0.2) is 0 Å². The maximum Gasteiger partial charge on any atom is 0.254 e. The number of nitrogens with two attached hydrogens (primary N) is 1. The molecule has 3 N–H and O–H groups in total. The number of hydrogen-bond acceptors (Lipinski definition) is 3. The molecule has 0 saturated heterocycles. The van der Waals surface area contributed by atoms with Gasteiger partial charge in [0.25, 0.3) is 5.91 Å². The minimum absolute atomic E-state index is 0.0877. The predicted octanol–water partition coefficient (Wildman–Crippen LogP) is 1.91. The minimum Gasteiger partial charge on any atom is -0.370 e. The van der Waals surface area contributed by atoms with Gasteiger partial charge in [0.2, 0.25) is 0 Å². The van der Waals surface area contributed by atoms with Gasteiger partial charge in [-0.2, -0.15) is 0 Å². The Hall–Kier alpha value is -0.810. The first kappa shape index (κ1) is 13.3. The minimum atomic E-state index is -0.715. The van der Waals surface area contributed by atoms with Gasteiger partial charge in [-0.05, 0) is 12.1 Å². The highest BCUT2D eigenvalue weighted by Gasteiger charge is 2.18. The molecule has 6 heteroatoms. The summed E-state index contributed by atoms with van der Waals surface area (Å²) >= 11 is 11.8. The normalized spacial score (nSPS) is 12.2. The third-order valence-corrected chi connectivity index (χ3v) is 2.63. The number of benzene rings is 1. The molecule has 1 aromatic carbocycles. The average molecular weight is 263 g/mol. The second kappa shape index (κ2) is 6.06. The number of para-hydroxylation sites is 1. The number of nitrogens with one attached hydrogen (secondary N) is 1. The zero-order chi connectivity index (χ0) is 12.1. The summed E-state index contributed by atoms with van der Waals surface area (Å²) in [5, 5.41) is 3.31. The van der Waals surface area contributed by atoms with Crippen molar-refractivity contribution in [2.24, 2.45) is 5.73 Å². The van der Waals surface area contributed by atoms with E-state index < -0.39 is 6.10 Å². The van der Waals surface area contributed by atoms with Gasteiger partial charge in [-0.1, -0.05) is 29.3 Å². The van der Waals surface area contributed by atoms with E-state index in [0.717, 1.165) is 0 Å². The highest BCUT2D eigenvalue weighted by Crippen LogP contribution is 2.29. The molecule has 16 heavy (non-hydrogen) atoms. The number of halogens is 2. The second-order valence-corrected chi connectivity index (χ2v) is 3.86. The fourth-order valence-corrected chi connectivity index (χ4v) is 1.62. The van der Waals surface area contributed by atoms with Gasteiger partial charge >= 0.3 is 0 Å². The van der Waals surface area contributed by atoms with Gasteiger partial charge in [0.05, 0.1) is 15.7 Å². The zero-order valence-corrected chi connectivity index (χ0v) is 10.2. The number of carbonyl (C=O) groups excluding carboxylic acids is 1. The Morgan fingerprint density at radius 3 is 2.50 bits per heavy atom. The predicted molar refractivity (Wildman–Crippen MR) is 64.9 cm³/mol. The standard InChI is InChI=1S/C10H12Cl2N2O2/c1-16-8(5-13)10(15)14-9-6(11)3-2-4-7(9)12/h2-4,8H,5,13H2,1H3,(H,14,15). The highest BCUT2D eigenvalue weighted by atomic mass is 35.5. The Morgan fingerprint density at radius 1 is 1.50 bits per heavy atom. The van der Waals surface area contributed by atoms with Crippen molar-refractivity contribution in [3.05, 3.63) is 28.2 Å². The molecule has 1 atom stereocenters.